The molecule has 0 radical (unpaired) electrons. The lowest BCUT2D eigenvalue weighted by atomic mass is 9.94. The zero-order valence-corrected chi connectivity index (χ0v) is 22.5. The molecule has 0 aromatic heterocycles. The number of aliphatic hydroxyl groups excluding tert-OH is 1. The van der Waals surface area contributed by atoms with Crippen LogP contribution >= 0.6 is 0 Å². The summed E-state index contributed by atoms with van der Waals surface area (Å²) in [5.74, 6) is -0.315. The van der Waals surface area contributed by atoms with Crippen molar-refractivity contribution >= 4 is 28.8 Å². The van der Waals surface area contributed by atoms with Crippen molar-refractivity contribution in [2.75, 3.05) is 36.6 Å². The van der Waals surface area contributed by atoms with Crippen LogP contribution in [0.4, 0.5) is 11.4 Å². The average Bonchev–Trinajstić information content (AvgIpc) is 3.20. The van der Waals surface area contributed by atoms with Crippen LogP contribution in [-0.2, 0) is 9.59 Å². The number of anilines is 2. The van der Waals surface area contributed by atoms with Gasteiger partial charge in [0.2, 0.25) is 0 Å². The molecule has 1 aliphatic heterocycles. The van der Waals surface area contributed by atoms with Crippen LogP contribution in [0.2, 0.25) is 0 Å². The van der Waals surface area contributed by atoms with Gasteiger partial charge >= 0.3 is 0 Å². The Morgan fingerprint density at radius 3 is 2.16 bits per heavy atom. The Morgan fingerprint density at radius 2 is 1.61 bits per heavy atom. The molecule has 1 heterocycles. The van der Waals surface area contributed by atoms with Gasteiger partial charge in [0.1, 0.15) is 17.3 Å². The Bertz CT molecular complexity index is 1340. The first-order valence-electron chi connectivity index (χ1n) is 12.9. The average molecular weight is 515 g/mol. The summed E-state index contributed by atoms with van der Waals surface area (Å²) in [5, 5.41) is 11.5. The van der Waals surface area contributed by atoms with Gasteiger partial charge in [-0.25, -0.2) is 0 Å². The molecule has 0 aliphatic carbocycles. The van der Waals surface area contributed by atoms with Gasteiger partial charge < -0.3 is 19.5 Å². The lowest BCUT2D eigenvalue weighted by Gasteiger charge is -2.27. The normalized spacial score (nSPS) is 16.6. The second kappa shape index (κ2) is 11.4. The molecule has 1 fully saturated rings. The molecule has 4 rings (SSSR count). The van der Waals surface area contributed by atoms with E-state index in [4.69, 9.17) is 9.47 Å². The van der Waals surface area contributed by atoms with E-state index in [0.717, 1.165) is 29.9 Å². The number of Topliss-reactive ketones (excluding diaryl/α,β-unsaturated/α-hetero) is 1. The molecular formula is C31H34N2O5. The van der Waals surface area contributed by atoms with Gasteiger partial charge in [-0.3, -0.25) is 14.5 Å². The first-order valence-corrected chi connectivity index (χ1v) is 12.9. The molecule has 0 bridgehead atoms. The number of carbonyl (C=O) groups excluding carboxylic acids is 2. The van der Waals surface area contributed by atoms with Crippen LogP contribution < -0.4 is 19.3 Å². The molecule has 3 aromatic carbocycles. The Kier molecular flexibility index (Phi) is 8.05. The molecule has 198 valence electrons. The highest BCUT2D eigenvalue weighted by atomic mass is 16.5. The SMILES string of the molecule is CCOc1ccc(/C(O)=C2/C(=O)C(=O)N(c3ccc(OC)cc3)C2c2ccc(N(CC)CC)cc2)cc1C. The van der Waals surface area contributed by atoms with Crippen molar-refractivity contribution in [3.8, 4) is 11.5 Å². The maximum atomic E-state index is 13.5. The number of aryl methyl sites for hydroxylation is 1. The lowest BCUT2D eigenvalue weighted by molar-refractivity contribution is -0.132. The van der Waals surface area contributed by atoms with Crippen LogP contribution in [0.1, 0.15) is 43.5 Å². The highest BCUT2D eigenvalue weighted by Gasteiger charge is 2.47. The van der Waals surface area contributed by atoms with Crippen molar-refractivity contribution in [3.63, 3.8) is 0 Å². The summed E-state index contributed by atoms with van der Waals surface area (Å²) in [6.45, 7) is 10.2. The summed E-state index contributed by atoms with van der Waals surface area (Å²) < 4.78 is 10.9. The first kappa shape index (κ1) is 26.8. The highest BCUT2D eigenvalue weighted by molar-refractivity contribution is 6.51. The minimum Gasteiger partial charge on any atom is -0.507 e. The number of hydrogen-bond donors (Lipinski definition) is 1. The van der Waals surface area contributed by atoms with Crippen molar-refractivity contribution in [2.45, 2.75) is 33.7 Å². The van der Waals surface area contributed by atoms with Crippen molar-refractivity contribution in [1.82, 2.24) is 0 Å². The summed E-state index contributed by atoms with van der Waals surface area (Å²) in [6.07, 6.45) is 0. The van der Waals surface area contributed by atoms with Crippen LogP contribution in [-0.4, -0.2) is 43.6 Å². The van der Waals surface area contributed by atoms with E-state index in [9.17, 15) is 14.7 Å². The first-order chi connectivity index (χ1) is 18.3. The summed E-state index contributed by atoms with van der Waals surface area (Å²) in [4.78, 5) is 30.6. The number of ketones is 1. The van der Waals surface area contributed by atoms with Gasteiger partial charge in [0.25, 0.3) is 11.7 Å². The summed E-state index contributed by atoms with van der Waals surface area (Å²) in [5.41, 5.74) is 3.61. The third-order valence-corrected chi connectivity index (χ3v) is 6.88. The molecule has 1 unspecified atom stereocenters. The van der Waals surface area contributed by atoms with Gasteiger partial charge in [0.15, 0.2) is 0 Å². The molecule has 0 spiro atoms. The number of nitrogens with zero attached hydrogens (tertiary/aromatic N) is 2. The summed E-state index contributed by atoms with van der Waals surface area (Å²) in [6, 6.07) is 19.2. The van der Waals surface area contributed by atoms with Crippen molar-refractivity contribution in [3.05, 3.63) is 89.0 Å². The maximum Gasteiger partial charge on any atom is 0.300 e. The number of benzene rings is 3. The predicted octanol–water partition coefficient (Wildman–Crippen LogP) is 5.87. The molecule has 7 nitrogen and oxygen atoms in total. The lowest BCUT2D eigenvalue weighted by Crippen LogP contribution is -2.29. The minimum atomic E-state index is -0.805. The van der Waals surface area contributed by atoms with E-state index in [1.807, 2.05) is 38.1 Å². The van der Waals surface area contributed by atoms with E-state index in [2.05, 4.69) is 18.7 Å². The van der Waals surface area contributed by atoms with Crippen molar-refractivity contribution in [2.24, 2.45) is 0 Å². The molecule has 38 heavy (non-hydrogen) atoms. The second-order valence-corrected chi connectivity index (χ2v) is 9.04. The standard InChI is InChI=1S/C31H34N2O5/c1-6-32(7-2)23-12-9-21(10-13-23)28-27(29(34)22-11-18-26(38-8-3)20(4)19-22)30(35)31(36)33(28)24-14-16-25(37-5)17-15-24/h9-19,28,34H,6-8H2,1-5H3/b29-27-. The molecule has 1 saturated heterocycles. The van der Waals surface area contributed by atoms with Gasteiger partial charge in [0, 0.05) is 30.0 Å². The van der Waals surface area contributed by atoms with E-state index in [1.54, 1.807) is 49.6 Å². The monoisotopic (exact) mass is 514 g/mol. The maximum absolute atomic E-state index is 13.5. The van der Waals surface area contributed by atoms with Crippen molar-refractivity contribution < 1.29 is 24.2 Å². The number of rotatable bonds is 9. The van der Waals surface area contributed by atoms with E-state index in [-0.39, 0.29) is 11.3 Å². The summed E-state index contributed by atoms with van der Waals surface area (Å²) >= 11 is 0. The van der Waals surface area contributed by atoms with E-state index >= 15 is 0 Å². The summed E-state index contributed by atoms with van der Waals surface area (Å²) in [7, 11) is 1.57. The smallest absolute Gasteiger partial charge is 0.300 e. The fraction of sp³-hybridized carbons (Fsp3) is 0.290. The van der Waals surface area contributed by atoms with Gasteiger partial charge in [-0.05, 0) is 93.4 Å². The number of amides is 1. The van der Waals surface area contributed by atoms with Crippen LogP contribution in [0.3, 0.4) is 0 Å². The largest absolute Gasteiger partial charge is 0.507 e. The zero-order valence-electron chi connectivity index (χ0n) is 22.5. The Balaban J connectivity index is 1.87. The van der Waals surface area contributed by atoms with Gasteiger partial charge in [-0.15, -0.1) is 0 Å². The number of hydrogen-bond acceptors (Lipinski definition) is 6. The van der Waals surface area contributed by atoms with Crippen LogP contribution in [0.25, 0.3) is 5.76 Å². The second-order valence-electron chi connectivity index (χ2n) is 9.04. The van der Waals surface area contributed by atoms with Crippen molar-refractivity contribution in [1.29, 1.82) is 0 Å². The topological polar surface area (TPSA) is 79.3 Å². The molecule has 7 heteroatoms. The highest BCUT2D eigenvalue weighted by Crippen LogP contribution is 2.43. The van der Waals surface area contributed by atoms with Crippen LogP contribution in [0.15, 0.2) is 72.3 Å². The molecule has 1 atom stereocenters. The Labute approximate surface area is 223 Å². The number of ether oxygens (including phenoxy) is 2. The van der Waals surface area contributed by atoms with E-state index in [1.165, 1.54) is 4.90 Å². The molecular weight excluding hydrogens is 480 g/mol. The van der Waals surface area contributed by atoms with Gasteiger partial charge in [-0.1, -0.05) is 12.1 Å². The van der Waals surface area contributed by atoms with Crippen LogP contribution in [0, 0.1) is 6.92 Å². The minimum absolute atomic E-state index is 0.0463. The Hall–Kier alpha value is -4.26. The predicted molar refractivity (Wildman–Crippen MR) is 150 cm³/mol. The number of methoxy groups -OCH3 is 1. The van der Waals surface area contributed by atoms with Gasteiger partial charge in [0.05, 0.1) is 25.3 Å². The number of carbonyl (C=O) groups is 2. The zero-order chi connectivity index (χ0) is 27.4. The molecule has 0 saturated carbocycles. The van der Waals surface area contributed by atoms with Gasteiger partial charge in [-0.2, -0.15) is 0 Å². The third-order valence-electron chi connectivity index (χ3n) is 6.88. The Morgan fingerprint density at radius 1 is 0.947 bits per heavy atom. The third kappa shape index (κ3) is 4.96. The quantitative estimate of drug-likeness (QED) is 0.218. The van der Waals surface area contributed by atoms with Crippen LogP contribution in [0.5, 0.6) is 11.5 Å². The fourth-order valence-electron chi connectivity index (χ4n) is 4.88. The molecule has 3 aromatic rings. The number of aliphatic hydroxyl groups is 1. The fourth-order valence-corrected chi connectivity index (χ4v) is 4.88. The van der Waals surface area contributed by atoms with E-state index in [0.29, 0.717) is 29.4 Å². The van der Waals surface area contributed by atoms with E-state index < -0.39 is 17.7 Å². The molecule has 1 amide bonds. The molecule has 1 N–H and O–H groups in total. The molecule has 1 aliphatic rings.